The van der Waals surface area contributed by atoms with E-state index in [1.807, 2.05) is 0 Å². The van der Waals surface area contributed by atoms with Crippen LogP contribution in [0.2, 0.25) is 10.0 Å². The Balaban J connectivity index is 1.92. The van der Waals surface area contributed by atoms with Crippen molar-refractivity contribution in [3.05, 3.63) is 120 Å². The minimum atomic E-state index is -0.639. The van der Waals surface area contributed by atoms with Crippen LogP contribution in [0.25, 0.3) is 27.7 Å². The number of pyridine rings is 1. The zero-order valence-electron chi connectivity index (χ0n) is 21.3. The predicted molar refractivity (Wildman–Crippen MR) is 153 cm³/mol. The highest BCUT2D eigenvalue weighted by molar-refractivity contribution is 6.33. The topological polar surface area (TPSA) is 114 Å². The number of aryl methyl sites for hydroxylation is 1. The first-order chi connectivity index (χ1) is 19.2. The summed E-state index contributed by atoms with van der Waals surface area (Å²) in [7, 11) is 1.42. The fraction of sp³-hybridized carbons (Fsp3) is 0.100. The average Bonchev–Trinajstić information content (AvgIpc) is 2.95. The van der Waals surface area contributed by atoms with E-state index in [2.05, 4.69) is 17.1 Å². The lowest BCUT2D eigenvalue weighted by Crippen LogP contribution is -2.39. The summed E-state index contributed by atoms with van der Waals surface area (Å²) in [5.74, 6) is 0.205. The summed E-state index contributed by atoms with van der Waals surface area (Å²) >= 11 is 13.0. The van der Waals surface area contributed by atoms with Gasteiger partial charge in [0.05, 0.1) is 54.3 Å². The van der Waals surface area contributed by atoms with Gasteiger partial charge in [-0.05, 0) is 78.2 Å². The molecule has 5 aromatic rings. The Morgan fingerprint density at radius 1 is 0.925 bits per heavy atom. The third kappa shape index (κ3) is 4.71. The third-order valence-electron chi connectivity index (χ3n) is 6.46. The van der Waals surface area contributed by atoms with Gasteiger partial charge in [-0.1, -0.05) is 23.2 Å². The summed E-state index contributed by atoms with van der Waals surface area (Å²) in [5.41, 5.74) is 2.39. The molecule has 0 aliphatic carbocycles. The Labute approximate surface area is 238 Å². The summed E-state index contributed by atoms with van der Waals surface area (Å²) < 4.78 is 8.10. The van der Waals surface area contributed by atoms with Crippen molar-refractivity contribution < 1.29 is 4.74 Å². The monoisotopic (exact) mass is 567 g/mol. The van der Waals surface area contributed by atoms with E-state index >= 15 is 0 Å². The SMILES string of the molecule is COc1cc(-c2cc(C#N)ccc2Cl)cc2c1c(=O)n(-c1cncc(C)c1)c(=O)n2Cc1cc(C#N)ccc1Cl. The number of fused-ring (bicyclic) bond motifs is 1. The highest BCUT2D eigenvalue weighted by Crippen LogP contribution is 2.35. The van der Waals surface area contributed by atoms with Gasteiger partial charge in [0.2, 0.25) is 0 Å². The van der Waals surface area contributed by atoms with Crippen LogP contribution in [0.3, 0.4) is 0 Å². The Hall–Kier alpha value is -4.89. The van der Waals surface area contributed by atoms with Crippen molar-refractivity contribution in [3.8, 4) is 34.7 Å². The Morgan fingerprint density at radius 2 is 1.62 bits per heavy atom. The summed E-state index contributed by atoms with van der Waals surface area (Å²) in [5, 5.41) is 19.7. The van der Waals surface area contributed by atoms with Crippen LogP contribution in [0.15, 0.2) is 76.6 Å². The molecule has 0 radical (unpaired) electrons. The van der Waals surface area contributed by atoms with Gasteiger partial charge >= 0.3 is 5.69 Å². The average molecular weight is 568 g/mol. The number of hydrogen-bond acceptors (Lipinski definition) is 6. The van der Waals surface area contributed by atoms with Crippen molar-refractivity contribution >= 4 is 34.1 Å². The minimum Gasteiger partial charge on any atom is -0.496 e. The molecule has 0 amide bonds. The molecule has 0 saturated carbocycles. The summed E-state index contributed by atoms with van der Waals surface area (Å²) in [4.78, 5) is 32.2. The van der Waals surface area contributed by atoms with E-state index in [4.69, 9.17) is 27.9 Å². The molecule has 196 valence electrons. The van der Waals surface area contributed by atoms with Crippen LogP contribution in [-0.2, 0) is 6.54 Å². The quantitative estimate of drug-likeness (QED) is 0.272. The van der Waals surface area contributed by atoms with Crippen LogP contribution >= 0.6 is 23.2 Å². The van der Waals surface area contributed by atoms with E-state index in [9.17, 15) is 20.1 Å². The molecule has 0 saturated heterocycles. The molecule has 10 heteroatoms. The fourth-order valence-corrected chi connectivity index (χ4v) is 4.97. The van der Waals surface area contributed by atoms with E-state index < -0.39 is 11.2 Å². The number of methoxy groups -OCH3 is 1. The molecule has 0 atom stereocenters. The predicted octanol–water partition coefficient (Wildman–Crippen LogP) is 5.63. The zero-order valence-corrected chi connectivity index (χ0v) is 22.8. The molecule has 2 aromatic heterocycles. The molecule has 0 unspecified atom stereocenters. The van der Waals surface area contributed by atoms with E-state index in [-0.39, 0.29) is 23.2 Å². The van der Waals surface area contributed by atoms with Gasteiger partial charge in [-0.25, -0.2) is 9.36 Å². The van der Waals surface area contributed by atoms with Crippen LogP contribution in [0.1, 0.15) is 22.3 Å². The molecule has 2 heterocycles. The molecule has 0 aliphatic heterocycles. The van der Waals surface area contributed by atoms with Gasteiger partial charge in [-0.15, -0.1) is 0 Å². The molecule has 40 heavy (non-hydrogen) atoms. The Kier molecular flexibility index (Phi) is 7.15. The van der Waals surface area contributed by atoms with Crippen LogP contribution in [0.5, 0.6) is 5.75 Å². The van der Waals surface area contributed by atoms with Gasteiger partial charge in [0, 0.05) is 21.8 Å². The molecule has 0 bridgehead atoms. The standard InChI is InChI=1S/C30H19Cl2N5O3/c1-17-7-22(15-35-14-17)37-29(38)28-26(36(30(37)39)16-21-8-18(12-33)3-5-24(21)31)10-20(11-27(28)40-2)23-9-19(13-34)4-6-25(23)32/h3-11,14-15H,16H2,1-2H3. The number of nitriles is 2. The second kappa shape index (κ2) is 10.7. The number of rotatable bonds is 5. The molecular formula is C30H19Cl2N5O3. The van der Waals surface area contributed by atoms with Crippen molar-refractivity contribution in [2.24, 2.45) is 0 Å². The lowest BCUT2D eigenvalue weighted by atomic mass is 10.0. The van der Waals surface area contributed by atoms with Crippen LogP contribution in [-0.4, -0.2) is 21.2 Å². The van der Waals surface area contributed by atoms with Crippen molar-refractivity contribution in [1.82, 2.24) is 14.1 Å². The van der Waals surface area contributed by atoms with Crippen LogP contribution in [0, 0.1) is 29.6 Å². The first-order valence-corrected chi connectivity index (χ1v) is 12.7. The maximum absolute atomic E-state index is 14.1. The fourth-order valence-electron chi connectivity index (χ4n) is 4.56. The first-order valence-electron chi connectivity index (χ1n) is 11.9. The highest BCUT2D eigenvalue weighted by atomic mass is 35.5. The molecule has 0 spiro atoms. The second-order valence-corrected chi connectivity index (χ2v) is 9.84. The van der Waals surface area contributed by atoms with E-state index in [0.29, 0.717) is 43.5 Å². The zero-order chi connectivity index (χ0) is 28.6. The molecule has 0 fully saturated rings. The van der Waals surface area contributed by atoms with E-state index in [1.54, 1.807) is 67.7 Å². The van der Waals surface area contributed by atoms with Crippen molar-refractivity contribution in [3.63, 3.8) is 0 Å². The molecule has 3 aromatic carbocycles. The summed E-state index contributed by atoms with van der Waals surface area (Å²) in [6.07, 6.45) is 3.05. The van der Waals surface area contributed by atoms with Crippen LogP contribution < -0.4 is 16.0 Å². The summed E-state index contributed by atoms with van der Waals surface area (Å²) in [6.45, 7) is 1.75. The van der Waals surface area contributed by atoms with E-state index in [1.165, 1.54) is 17.9 Å². The smallest absolute Gasteiger partial charge is 0.336 e. The Bertz CT molecular complexity index is 2030. The van der Waals surface area contributed by atoms with Crippen molar-refractivity contribution in [2.45, 2.75) is 13.5 Å². The van der Waals surface area contributed by atoms with Gasteiger partial charge in [0.25, 0.3) is 5.56 Å². The van der Waals surface area contributed by atoms with Crippen LogP contribution in [0.4, 0.5) is 0 Å². The number of aromatic nitrogens is 3. The molecule has 0 aliphatic rings. The van der Waals surface area contributed by atoms with Crippen molar-refractivity contribution in [1.29, 1.82) is 10.5 Å². The maximum Gasteiger partial charge on any atom is 0.336 e. The van der Waals surface area contributed by atoms with Gasteiger partial charge < -0.3 is 4.74 Å². The number of nitrogens with zero attached hydrogens (tertiary/aromatic N) is 5. The second-order valence-electron chi connectivity index (χ2n) is 9.03. The minimum absolute atomic E-state index is 0.0538. The van der Waals surface area contributed by atoms with Gasteiger partial charge in [0.1, 0.15) is 11.1 Å². The third-order valence-corrected chi connectivity index (χ3v) is 7.16. The molecule has 8 nitrogen and oxygen atoms in total. The van der Waals surface area contributed by atoms with Gasteiger partial charge in [-0.2, -0.15) is 10.5 Å². The molecule has 0 N–H and O–H groups in total. The number of halogens is 2. The van der Waals surface area contributed by atoms with E-state index in [0.717, 1.165) is 10.1 Å². The number of hydrogen-bond donors (Lipinski definition) is 0. The summed E-state index contributed by atoms with van der Waals surface area (Å²) in [6, 6.07) is 18.7. The number of ether oxygens (including phenoxy) is 1. The largest absolute Gasteiger partial charge is 0.496 e. The Morgan fingerprint density at radius 3 is 2.30 bits per heavy atom. The first kappa shape index (κ1) is 26.7. The lowest BCUT2D eigenvalue weighted by molar-refractivity contribution is 0.419. The lowest BCUT2D eigenvalue weighted by Gasteiger charge is -2.18. The van der Waals surface area contributed by atoms with Crippen molar-refractivity contribution in [2.75, 3.05) is 7.11 Å². The normalized spacial score (nSPS) is 10.8. The highest BCUT2D eigenvalue weighted by Gasteiger charge is 2.21. The van der Waals surface area contributed by atoms with Gasteiger partial charge in [-0.3, -0.25) is 14.3 Å². The van der Waals surface area contributed by atoms with Gasteiger partial charge in [0.15, 0.2) is 0 Å². The molecular weight excluding hydrogens is 549 g/mol. The number of benzene rings is 3. The molecule has 5 rings (SSSR count). The maximum atomic E-state index is 14.1.